The Balaban J connectivity index is 0. The summed E-state index contributed by atoms with van der Waals surface area (Å²) in [6.07, 6.45) is 0.0379. The van der Waals surface area contributed by atoms with Crippen molar-refractivity contribution in [2.24, 2.45) is 0 Å². The van der Waals surface area contributed by atoms with Gasteiger partial charge in [-0.2, -0.15) is 0 Å². The van der Waals surface area contributed by atoms with Crippen LogP contribution in [0, 0.1) is 12.9 Å². The molecule has 1 amide bonds. The minimum Gasteiger partial charge on any atom is -0.508 e. The van der Waals surface area contributed by atoms with Crippen molar-refractivity contribution in [2.75, 3.05) is 0 Å². The fourth-order valence-corrected chi connectivity index (χ4v) is 0.877. The van der Waals surface area contributed by atoms with Gasteiger partial charge in [0.15, 0.2) is 5.91 Å². The van der Waals surface area contributed by atoms with Crippen LogP contribution in [0.2, 0.25) is 0 Å². The molecule has 2 nitrogen and oxygen atoms in total. The molecule has 1 aromatic rings. The van der Waals surface area contributed by atoms with E-state index in [9.17, 15) is 9.18 Å². The molecule has 1 aromatic carbocycles. The van der Waals surface area contributed by atoms with Crippen LogP contribution in [0.4, 0.5) is 4.39 Å². The maximum atomic E-state index is 12.9. The second kappa shape index (κ2) is 12.3. The van der Waals surface area contributed by atoms with E-state index in [0.29, 0.717) is 5.56 Å². The van der Waals surface area contributed by atoms with E-state index in [1.165, 1.54) is 6.07 Å². The molecular formula is C9H9FI2NORb. The summed E-state index contributed by atoms with van der Waals surface area (Å²) in [5.74, 6) is -0.652. The summed E-state index contributed by atoms with van der Waals surface area (Å²) >= 11 is 4.24. The molecule has 0 aliphatic rings. The van der Waals surface area contributed by atoms with Crippen molar-refractivity contribution in [3.63, 3.8) is 0 Å². The van der Waals surface area contributed by atoms with Crippen LogP contribution in [-0.4, -0.2) is 5.91 Å². The average molecular weight is 505 g/mol. The number of amides is 1. The molecule has 0 radical (unpaired) electrons. The van der Waals surface area contributed by atoms with Gasteiger partial charge in [-0.15, -0.1) is 0 Å². The number of benzene rings is 1. The summed E-state index contributed by atoms with van der Waals surface area (Å²) in [4.78, 5) is 10.8. The Kier molecular flexibility index (Phi) is 15.8. The first kappa shape index (κ1) is 19.2. The maximum Gasteiger partial charge on any atom is 1.00 e. The zero-order valence-corrected chi connectivity index (χ0v) is 17.5. The fourth-order valence-electron chi connectivity index (χ4n) is 0.877. The standard InChI is InChI=1S/C9H9FNO.I2.Rb/c1-11-9(12)6-7-4-2-3-5-8(7)10;1-2;/h2-5H,1,6H2,(H,11,12);;/q-1;;+1. The first-order valence-corrected chi connectivity index (χ1v) is 9.96. The fraction of sp³-hybridized carbons (Fsp3) is 0.111. The van der Waals surface area contributed by atoms with Gasteiger partial charge in [-0.3, -0.25) is 11.8 Å². The van der Waals surface area contributed by atoms with Crippen molar-refractivity contribution >= 4 is 43.1 Å². The molecule has 15 heavy (non-hydrogen) atoms. The molecule has 0 aromatic heterocycles. The molecule has 0 saturated heterocycles. The predicted octanol–water partition coefficient (Wildman–Crippen LogP) is 0.0514. The number of hydrogen-bond acceptors (Lipinski definition) is 1. The number of rotatable bonds is 2. The summed E-state index contributed by atoms with van der Waals surface area (Å²) in [6, 6.07) is 6.17. The van der Waals surface area contributed by atoms with E-state index in [2.05, 4.69) is 49.6 Å². The molecule has 6 heteroatoms. The van der Waals surface area contributed by atoms with Gasteiger partial charge in [0.2, 0.25) is 0 Å². The Morgan fingerprint density at radius 1 is 1.40 bits per heavy atom. The minimum absolute atomic E-state index is 0. The molecule has 78 valence electrons. The van der Waals surface area contributed by atoms with Gasteiger partial charge in [0.1, 0.15) is 5.82 Å². The van der Waals surface area contributed by atoms with Crippen LogP contribution in [-0.2, 0) is 11.2 Å². The molecule has 0 saturated carbocycles. The molecule has 0 unspecified atom stereocenters. The Labute approximate surface area is 161 Å². The molecule has 0 aliphatic carbocycles. The van der Waals surface area contributed by atoms with Gasteiger partial charge in [0.05, 0.1) is 6.42 Å². The largest absolute Gasteiger partial charge is 1.00 e. The monoisotopic (exact) mass is 505 g/mol. The number of carbonyl (C=O) groups excluding carboxylic acids is 1. The van der Waals surface area contributed by atoms with Crippen molar-refractivity contribution in [1.29, 1.82) is 0 Å². The summed E-state index contributed by atoms with van der Waals surface area (Å²) < 4.78 is 12.9. The molecule has 0 bridgehead atoms. The average Bonchev–Trinajstić information content (AvgIpc) is 2.24. The SMILES string of the molecule is II.[CH2-]NC(=O)Cc1ccccc1F.[Rb+]. The smallest absolute Gasteiger partial charge is 0.508 e. The number of carbonyl (C=O) groups is 1. The second-order valence-electron chi connectivity index (χ2n) is 2.37. The van der Waals surface area contributed by atoms with Crippen LogP contribution in [0.15, 0.2) is 24.3 Å². The second-order valence-corrected chi connectivity index (χ2v) is 2.37. The molecule has 0 atom stereocenters. The number of nitrogens with one attached hydrogen (secondary N) is 1. The molecule has 0 spiro atoms. The van der Waals surface area contributed by atoms with E-state index in [0.717, 1.165) is 0 Å². The van der Waals surface area contributed by atoms with E-state index in [4.69, 9.17) is 0 Å². The first-order valence-electron chi connectivity index (χ1n) is 3.67. The third kappa shape index (κ3) is 8.59. The minimum atomic E-state index is -0.360. The molecular weight excluding hydrogens is 496 g/mol. The van der Waals surface area contributed by atoms with Crippen LogP contribution < -0.4 is 63.5 Å². The van der Waals surface area contributed by atoms with Gasteiger partial charge in [-0.25, -0.2) is 4.39 Å². The molecule has 0 aliphatic heterocycles. The van der Waals surface area contributed by atoms with E-state index in [-0.39, 0.29) is 76.3 Å². The molecule has 1 N–H and O–H groups in total. The molecule has 0 fully saturated rings. The molecule has 0 heterocycles. The van der Waals surface area contributed by atoms with Gasteiger partial charge < -0.3 is 5.32 Å². The topological polar surface area (TPSA) is 29.1 Å². The van der Waals surface area contributed by atoms with Crippen LogP contribution in [0.3, 0.4) is 0 Å². The Morgan fingerprint density at radius 3 is 2.40 bits per heavy atom. The molecule has 1 rings (SSSR count). The van der Waals surface area contributed by atoms with E-state index in [1.807, 2.05) is 0 Å². The number of hydrogen-bond donors (Lipinski definition) is 1. The summed E-state index contributed by atoms with van der Waals surface area (Å²) in [7, 11) is 3.19. The summed E-state index contributed by atoms with van der Waals surface area (Å²) in [5, 5.41) is 2.19. The van der Waals surface area contributed by atoms with E-state index in [1.54, 1.807) is 18.2 Å². The normalized spacial score (nSPS) is 8.00. The third-order valence-electron chi connectivity index (χ3n) is 1.51. The van der Waals surface area contributed by atoms with Crippen molar-refractivity contribution in [1.82, 2.24) is 5.32 Å². The van der Waals surface area contributed by atoms with Crippen LogP contribution in [0.1, 0.15) is 5.56 Å². The van der Waals surface area contributed by atoms with Crippen LogP contribution in [0.5, 0.6) is 0 Å². The van der Waals surface area contributed by atoms with Crippen molar-refractivity contribution in [2.45, 2.75) is 6.42 Å². The van der Waals surface area contributed by atoms with Gasteiger partial charge in [0.25, 0.3) is 0 Å². The van der Waals surface area contributed by atoms with Gasteiger partial charge in [0, 0.05) is 37.2 Å². The van der Waals surface area contributed by atoms with Crippen molar-refractivity contribution < 1.29 is 67.4 Å². The van der Waals surface area contributed by atoms with Gasteiger partial charge in [-0.1, -0.05) is 18.2 Å². The van der Waals surface area contributed by atoms with Crippen molar-refractivity contribution in [3.05, 3.63) is 42.7 Å². The summed E-state index contributed by atoms with van der Waals surface area (Å²) in [5.41, 5.74) is 0.388. The maximum absolute atomic E-state index is 12.9. The predicted molar refractivity (Wildman–Crippen MR) is 71.6 cm³/mol. The third-order valence-corrected chi connectivity index (χ3v) is 1.51. The number of halogens is 3. The first-order chi connectivity index (χ1) is 6.74. The Morgan fingerprint density at radius 2 is 1.93 bits per heavy atom. The van der Waals surface area contributed by atoms with E-state index < -0.39 is 0 Å². The zero-order chi connectivity index (χ0) is 11.0. The van der Waals surface area contributed by atoms with Gasteiger partial charge in [-0.05, 0) is 11.6 Å². The van der Waals surface area contributed by atoms with Crippen LogP contribution >= 0.6 is 37.2 Å². The van der Waals surface area contributed by atoms with Crippen LogP contribution in [0.25, 0.3) is 0 Å². The Hall–Kier alpha value is 1.89. The van der Waals surface area contributed by atoms with Crippen molar-refractivity contribution in [3.8, 4) is 0 Å². The van der Waals surface area contributed by atoms with Gasteiger partial charge >= 0.3 is 58.2 Å². The van der Waals surface area contributed by atoms with E-state index >= 15 is 0 Å². The Bertz CT molecular complexity index is 299. The quantitative estimate of drug-likeness (QED) is 0.447. The zero-order valence-electron chi connectivity index (χ0n) is 8.27. The summed E-state index contributed by atoms with van der Waals surface area (Å²) in [6.45, 7) is 0.